The van der Waals surface area contributed by atoms with Gasteiger partial charge < -0.3 is 4.57 Å². The van der Waals surface area contributed by atoms with Crippen molar-refractivity contribution in [2.24, 2.45) is 7.05 Å². The van der Waals surface area contributed by atoms with Crippen molar-refractivity contribution in [2.75, 3.05) is 0 Å². The number of hydrogen-bond acceptors (Lipinski definition) is 2. The van der Waals surface area contributed by atoms with Gasteiger partial charge in [-0.1, -0.05) is 30.3 Å². The van der Waals surface area contributed by atoms with E-state index in [2.05, 4.69) is 45.9 Å². The van der Waals surface area contributed by atoms with Crippen LogP contribution in [0.3, 0.4) is 0 Å². The van der Waals surface area contributed by atoms with Gasteiger partial charge in [0.1, 0.15) is 5.82 Å². The quantitative estimate of drug-likeness (QED) is 0.520. The van der Waals surface area contributed by atoms with E-state index in [1.165, 1.54) is 10.8 Å². The fourth-order valence-corrected chi connectivity index (χ4v) is 2.68. The molecule has 3 nitrogen and oxygen atoms in total. The zero-order chi connectivity index (χ0) is 13.5. The Kier molecular flexibility index (Phi) is 2.33. The van der Waals surface area contributed by atoms with Crippen molar-refractivity contribution in [1.82, 2.24) is 14.5 Å². The van der Waals surface area contributed by atoms with Crippen LogP contribution in [-0.4, -0.2) is 14.5 Å². The molecule has 0 N–H and O–H groups in total. The van der Waals surface area contributed by atoms with Crippen LogP contribution in [-0.2, 0) is 7.05 Å². The molecule has 3 heteroatoms. The summed E-state index contributed by atoms with van der Waals surface area (Å²) in [6.07, 6.45) is 3.63. The van der Waals surface area contributed by atoms with E-state index >= 15 is 0 Å². The Hall–Kier alpha value is -2.68. The van der Waals surface area contributed by atoms with Gasteiger partial charge in [0.05, 0.1) is 11.0 Å². The van der Waals surface area contributed by atoms with Gasteiger partial charge in [0.2, 0.25) is 0 Å². The SMILES string of the molecule is Cn1c(-c2cccnc2)nc2c3ccccc3ccc21. The molecule has 0 spiro atoms. The average Bonchev–Trinajstić information content (AvgIpc) is 2.86. The molecule has 0 saturated heterocycles. The summed E-state index contributed by atoms with van der Waals surface area (Å²) in [5, 5.41) is 2.41. The normalized spacial score (nSPS) is 11.2. The maximum atomic E-state index is 4.83. The number of hydrogen-bond donors (Lipinski definition) is 0. The van der Waals surface area contributed by atoms with Crippen LogP contribution in [0.5, 0.6) is 0 Å². The van der Waals surface area contributed by atoms with E-state index in [1.807, 2.05) is 25.4 Å². The van der Waals surface area contributed by atoms with Crippen molar-refractivity contribution >= 4 is 21.8 Å². The minimum Gasteiger partial charge on any atom is -0.327 e. The lowest BCUT2D eigenvalue weighted by Gasteiger charge is -2.01. The number of imidazole rings is 1. The lowest BCUT2D eigenvalue weighted by atomic mass is 10.1. The predicted molar refractivity (Wildman–Crippen MR) is 81.5 cm³/mol. The van der Waals surface area contributed by atoms with E-state index in [1.54, 1.807) is 6.20 Å². The van der Waals surface area contributed by atoms with Crippen molar-refractivity contribution < 1.29 is 0 Å². The summed E-state index contributed by atoms with van der Waals surface area (Å²) in [5.41, 5.74) is 3.22. The van der Waals surface area contributed by atoms with Gasteiger partial charge in [-0.2, -0.15) is 0 Å². The molecule has 0 bridgehead atoms. The number of nitrogens with zero attached hydrogens (tertiary/aromatic N) is 3. The zero-order valence-corrected chi connectivity index (χ0v) is 11.1. The minimum atomic E-state index is 0.949. The second kappa shape index (κ2) is 4.17. The highest BCUT2D eigenvalue weighted by atomic mass is 15.1. The third kappa shape index (κ3) is 1.53. The lowest BCUT2D eigenvalue weighted by molar-refractivity contribution is 0.957. The van der Waals surface area contributed by atoms with E-state index in [9.17, 15) is 0 Å². The minimum absolute atomic E-state index is 0.949. The summed E-state index contributed by atoms with van der Waals surface area (Å²) in [6.45, 7) is 0. The molecule has 4 aromatic rings. The molecular formula is C17H13N3. The first-order chi connectivity index (χ1) is 9.84. The van der Waals surface area contributed by atoms with Crippen molar-refractivity contribution in [2.45, 2.75) is 0 Å². The van der Waals surface area contributed by atoms with Gasteiger partial charge in [0.15, 0.2) is 0 Å². The predicted octanol–water partition coefficient (Wildman–Crippen LogP) is 3.79. The van der Waals surface area contributed by atoms with Gasteiger partial charge in [0, 0.05) is 30.4 Å². The fourth-order valence-electron chi connectivity index (χ4n) is 2.68. The molecule has 2 aromatic heterocycles. The number of aromatic nitrogens is 3. The Morgan fingerprint density at radius 2 is 1.85 bits per heavy atom. The second-order valence-electron chi connectivity index (χ2n) is 4.89. The zero-order valence-electron chi connectivity index (χ0n) is 11.1. The van der Waals surface area contributed by atoms with E-state index < -0.39 is 0 Å². The topological polar surface area (TPSA) is 30.7 Å². The molecular weight excluding hydrogens is 246 g/mol. The largest absolute Gasteiger partial charge is 0.327 e. The fraction of sp³-hybridized carbons (Fsp3) is 0.0588. The van der Waals surface area contributed by atoms with E-state index in [4.69, 9.17) is 4.98 Å². The Morgan fingerprint density at radius 3 is 2.70 bits per heavy atom. The van der Waals surface area contributed by atoms with E-state index in [0.717, 1.165) is 22.4 Å². The van der Waals surface area contributed by atoms with Crippen molar-refractivity contribution in [3.8, 4) is 11.4 Å². The monoisotopic (exact) mass is 259 g/mol. The molecule has 0 aliphatic rings. The van der Waals surface area contributed by atoms with E-state index in [-0.39, 0.29) is 0 Å². The molecule has 0 aliphatic heterocycles. The van der Waals surface area contributed by atoms with Gasteiger partial charge in [-0.05, 0) is 23.6 Å². The molecule has 0 amide bonds. The van der Waals surface area contributed by atoms with Gasteiger partial charge in [0.25, 0.3) is 0 Å². The summed E-state index contributed by atoms with van der Waals surface area (Å²) in [7, 11) is 2.05. The number of aryl methyl sites for hydroxylation is 1. The van der Waals surface area contributed by atoms with E-state index in [0.29, 0.717) is 0 Å². The van der Waals surface area contributed by atoms with Crippen LogP contribution in [0.2, 0.25) is 0 Å². The number of benzene rings is 2. The smallest absolute Gasteiger partial charge is 0.142 e. The van der Waals surface area contributed by atoms with Crippen molar-refractivity contribution in [3.05, 3.63) is 60.9 Å². The highest BCUT2D eigenvalue weighted by molar-refractivity contribution is 6.05. The summed E-state index contributed by atoms with van der Waals surface area (Å²) in [5.74, 6) is 0.949. The first kappa shape index (κ1) is 11.2. The molecule has 0 unspecified atom stereocenters. The lowest BCUT2D eigenvalue weighted by Crippen LogP contribution is -1.92. The number of rotatable bonds is 1. The third-order valence-corrected chi connectivity index (χ3v) is 3.70. The summed E-state index contributed by atoms with van der Waals surface area (Å²) in [6, 6.07) is 16.6. The molecule has 96 valence electrons. The molecule has 2 heterocycles. The maximum Gasteiger partial charge on any atom is 0.142 e. The van der Waals surface area contributed by atoms with Crippen LogP contribution in [0.15, 0.2) is 60.9 Å². The Bertz CT molecular complexity index is 907. The molecule has 0 fully saturated rings. The standard InChI is InChI=1S/C17H13N3/c1-20-15-9-8-12-5-2-3-7-14(12)16(15)19-17(20)13-6-4-10-18-11-13/h2-11H,1H3. The Balaban J connectivity index is 2.10. The number of fused-ring (bicyclic) bond motifs is 3. The first-order valence-electron chi connectivity index (χ1n) is 6.59. The van der Waals surface area contributed by atoms with Crippen molar-refractivity contribution in [3.63, 3.8) is 0 Å². The Labute approximate surface area is 116 Å². The first-order valence-corrected chi connectivity index (χ1v) is 6.59. The van der Waals surface area contributed by atoms with Gasteiger partial charge in [-0.15, -0.1) is 0 Å². The van der Waals surface area contributed by atoms with Crippen LogP contribution in [0.1, 0.15) is 0 Å². The Morgan fingerprint density at radius 1 is 0.950 bits per heavy atom. The molecule has 0 atom stereocenters. The van der Waals surface area contributed by atoms with Crippen LogP contribution >= 0.6 is 0 Å². The molecule has 2 aromatic carbocycles. The van der Waals surface area contributed by atoms with Gasteiger partial charge >= 0.3 is 0 Å². The molecule has 20 heavy (non-hydrogen) atoms. The van der Waals surface area contributed by atoms with Crippen LogP contribution in [0.25, 0.3) is 33.2 Å². The van der Waals surface area contributed by atoms with Crippen LogP contribution < -0.4 is 0 Å². The van der Waals surface area contributed by atoms with Crippen molar-refractivity contribution in [1.29, 1.82) is 0 Å². The van der Waals surface area contributed by atoms with Gasteiger partial charge in [-0.25, -0.2) is 4.98 Å². The van der Waals surface area contributed by atoms with Crippen LogP contribution in [0, 0.1) is 0 Å². The summed E-state index contributed by atoms with van der Waals surface area (Å²) >= 11 is 0. The summed E-state index contributed by atoms with van der Waals surface area (Å²) < 4.78 is 2.12. The van der Waals surface area contributed by atoms with Gasteiger partial charge in [-0.3, -0.25) is 4.98 Å². The molecule has 0 saturated carbocycles. The highest BCUT2D eigenvalue weighted by Crippen LogP contribution is 2.28. The molecule has 0 aliphatic carbocycles. The third-order valence-electron chi connectivity index (χ3n) is 3.70. The summed E-state index contributed by atoms with van der Waals surface area (Å²) in [4.78, 5) is 9.01. The average molecular weight is 259 g/mol. The number of pyridine rings is 1. The van der Waals surface area contributed by atoms with Crippen LogP contribution in [0.4, 0.5) is 0 Å². The highest BCUT2D eigenvalue weighted by Gasteiger charge is 2.11. The molecule has 4 rings (SSSR count). The molecule has 0 radical (unpaired) electrons. The second-order valence-corrected chi connectivity index (χ2v) is 4.89. The maximum absolute atomic E-state index is 4.83.